The fourth-order valence-electron chi connectivity index (χ4n) is 5.96. The largest absolute Gasteiger partial charge is 0.447 e. The highest BCUT2D eigenvalue weighted by Crippen LogP contribution is 2.54. The van der Waals surface area contributed by atoms with Crippen molar-refractivity contribution in [3.8, 4) is 0 Å². The number of carbonyl (C=O) groups is 2. The Balaban J connectivity index is 1.33. The van der Waals surface area contributed by atoms with E-state index in [0.29, 0.717) is 12.3 Å². The molecule has 1 saturated heterocycles. The number of benzene rings is 3. The van der Waals surface area contributed by atoms with Gasteiger partial charge in [-0.05, 0) is 46.6 Å². The minimum Gasteiger partial charge on any atom is -0.447 e. The van der Waals surface area contributed by atoms with Crippen molar-refractivity contribution in [3.63, 3.8) is 0 Å². The quantitative estimate of drug-likeness (QED) is 0.533. The van der Waals surface area contributed by atoms with Crippen LogP contribution in [0.5, 0.6) is 0 Å². The molecule has 3 aliphatic rings. The van der Waals surface area contributed by atoms with Gasteiger partial charge in [0.05, 0.1) is 12.0 Å². The number of rotatable bonds is 4. The van der Waals surface area contributed by atoms with E-state index in [2.05, 4.69) is 42.5 Å². The maximum atomic E-state index is 13.9. The van der Waals surface area contributed by atoms with Crippen LogP contribution in [-0.2, 0) is 16.0 Å². The number of amides is 2. The topological polar surface area (TPSA) is 46.6 Å². The molecule has 4 nitrogen and oxygen atoms in total. The van der Waals surface area contributed by atoms with Crippen LogP contribution in [0.15, 0.2) is 84.9 Å². The molecule has 4 heteroatoms. The van der Waals surface area contributed by atoms with Crippen molar-refractivity contribution < 1.29 is 14.3 Å². The third-order valence-corrected chi connectivity index (χ3v) is 7.42. The summed E-state index contributed by atoms with van der Waals surface area (Å²) in [6, 6.07) is 24.6. The first-order chi connectivity index (χ1) is 15.7. The van der Waals surface area contributed by atoms with Crippen molar-refractivity contribution in [3.05, 3.63) is 96.1 Å². The van der Waals surface area contributed by atoms with Crippen molar-refractivity contribution in [1.29, 1.82) is 0 Å². The molecule has 0 radical (unpaired) electrons. The molecule has 2 amide bonds. The maximum Gasteiger partial charge on any atom is 0.416 e. The van der Waals surface area contributed by atoms with Gasteiger partial charge in [0.15, 0.2) is 0 Å². The molecule has 0 spiro atoms. The summed E-state index contributed by atoms with van der Waals surface area (Å²) in [5.41, 5.74) is 2.29. The first kappa shape index (κ1) is 19.3. The van der Waals surface area contributed by atoms with Crippen LogP contribution in [0.3, 0.4) is 0 Å². The molecular formula is C28H25NO3. The van der Waals surface area contributed by atoms with E-state index in [1.807, 2.05) is 42.5 Å². The van der Waals surface area contributed by atoms with Crippen LogP contribution >= 0.6 is 0 Å². The van der Waals surface area contributed by atoms with E-state index < -0.39 is 6.09 Å². The molecule has 2 bridgehead atoms. The highest BCUT2D eigenvalue weighted by molar-refractivity contribution is 5.96. The highest BCUT2D eigenvalue weighted by atomic mass is 16.6. The smallest absolute Gasteiger partial charge is 0.416 e. The van der Waals surface area contributed by atoms with E-state index in [1.54, 1.807) is 0 Å². The predicted molar refractivity (Wildman–Crippen MR) is 123 cm³/mol. The maximum absolute atomic E-state index is 13.9. The Labute approximate surface area is 187 Å². The van der Waals surface area contributed by atoms with Crippen LogP contribution in [0, 0.1) is 17.8 Å². The highest BCUT2D eigenvalue weighted by Gasteiger charge is 2.52. The summed E-state index contributed by atoms with van der Waals surface area (Å²) in [4.78, 5) is 28.0. The number of hydrogen-bond acceptors (Lipinski definition) is 3. The number of nitrogens with zero attached hydrogens (tertiary/aromatic N) is 1. The molecule has 32 heavy (non-hydrogen) atoms. The summed E-state index contributed by atoms with van der Waals surface area (Å²) < 4.78 is 5.36. The van der Waals surface area contributed by atoms with E-state index in [1.165, 1.54) is 21.2 Å². The molecule has 4 unspecified atom stereocenters. The molecule has 3 aromatic rings. The summed E-state index contributed by atoms with van der Waals surface area (Å²) in [6.45, 7) is 0.261. The molecule has 2 aliphatic carbocycles. The second-order valence-electron chi connectivity index (χ2n) is 9.24. The summed E-state index contributed by atoms with van der Waals surface area (Å²) in [5.74, 6) is 0.294. The van der Waals surface area contributed by atoms with Crippen molar-refractivity contribution in [2.24, 2.45) is 17.8 Å². The van der Waals surface area contributed by atoms with Crippen molar-refractivity contribution in [1.82, 2.24) is 4.90 Å². The third kappa shape index (κ3) is 3.13. The van der Waals surface area contributed by atoms with Gasteiger partial charge < -0.3 is 4.74 Å². The lowest BCUT2D eigenvalue weighted by atomic mass is 9.77. The number of cyclic esters (lactones) is 1. The summed E-state index contributed by atoms with van der Waals surface area (Å²) >= 11 is 0. The lowest BCUT2D eigenvalue weighted by Crippen LogP contribution is -2.46. The number of fused-ring (bicyclic) bond motifs is 3. The number of imide groups is 1. The Morgan fingerprint density at radius 2 is 1.66 bits per heavy atom. The van der Waals surface area contributed by atoms with E-state index >= 15 is 0 Å². The average molecular weight is 424 g/mol. The van der Waals surface area contributed by atoms with E-state index in [4.69, 9.17) is 4.74 Å². The van der Waals surface area contributed by atoms with E-state index in [0.717, 1.165) is 12.0 Å². The van der Waals surface area contributed by atoms with Crippen molar-refractivity contribution in [2.75, 3.05) is 6.61 Å². The van der Waals surface area contributed by atoms with Crippen LogP contribution in [-0.4, -0.2) is 29.5 Å². The molecule has 1 aliphatic heterocycles. The van der Waals surface area contributed by atoms with Crippen molar-refractivity contribution >= 4 is 22.8 Å². The van der Waals surface area contributed by atoms with Gasteiger partial charge in [0.2, 0.25) is 5.91 Å². The average Bonchev–Trinajstić information content (AvgIpc) is 3.54. The SMILES string of the molecule is O=C1OC[C@@H](Cc2ccccc2)N1C(=O)C1C2C=CC(C2)C1c1ccc2ccccc2c1. The van der Waals surface area contributed by atoms with Gasteiger partial charge in [-0.15, -0.1) is 0 Å². The molecule has 3 aromatic carbocycles. The zero-order valence-corrected chi connectivity index (χ0v) is 17.8. The number of hydrogen-bond donors (Lipinski definition) is 0. The standard InChI is InChI=1S/C28H25NO3/c30-27(29-24(17-32-28(29)31)14-18-6-2-1-3-7-18)26-23-13-12-22(16-23)25(26)21-11-10-19-8-4-5-9-20(19)15-21/h1-13,15,22-26H,14,16-17H2/t22?,23?,24-,25?,26?/m1/s1. The second-order valence-corrected chi connectivity index (χ2v) is 9.24. The molecule has 160 valence electrons. The normalized spacial score (nSPS) is 28.4. The molecule has 0 aromatic heterocycles. The van der Waals surface area contributed by atoms with Crippen LogP contribution in [0.4, 0.5) is 4.79 Å². The predicted octanol–water partition coefficient (Wildman–Crippen LogP) is 5.34. The fourth-order valence-corrected chi connectivity index (χ4v) is 5.96. The summed E-state index contributed by atoms with van der Waals surface area (Å²) in [7, 11) is 0. The van der Waals surface area contributed by atoms with Gasteiger partial charge in [-0.25, -0.2) is 9.69 Å². The molecule has 2 fully saturated rings. The van der Waals surface area contributed by atoms with Gasteiger partial charge in [0.25, 0.3) is 0 Å². The zero-order valence-electron chi connectivity index (χ0n) is 17.8. The van der Waals surface area contributed by atoms with Gasteiger partial charge in [0, 0.05) is 5.92 Å². The molecule has 1 heterocycles. The molecular weight excluding hydrogens is 398 g/mol. The minimum atomic E-state index is -0.500. The zero-order chi connectivity index (χ0) is 21.7. The van der Waals surface area contributed by atoms with Crippen LogP contribution in [0.2, 0.25) is 0 Å². The number of carbonyl (C=O) groups excluding carboxylic acids is 2. The summed E-state index contributed by atoms with van der Waals surface area (Å²) in [6.07, 6.45) is 5.53. The number of ether oxygens (including phenoxy) is 1. The minimum absolute atomic E-state index is 0.0801. The third-order valence-electron chi connectivity index (χ3n) is 7.42. The molecule has 5 atom stereocenters. The Morgan fingerprint density at radius 3 is 2.50 bits per heavy atom. The lowest BCUT2D eigenvalue weighted by Gasteiger charge is -2.31. The Hall–Kier alpha value is -3.40. The van der Waals surface area contributed by atoms with Crippen LogP contribution < -0.4 is 0 Å². The van der Waals surface area contributed by atoms with Gasteiger partial charge in [0.1, 0.15) is 6.61 Å². The molecule has 6 rings (SSSR count). The second kappa shape index (κ2) is 7.63. The molecule has 0 N–H and O–H groups in total. The van der Waals surface area contributed by atoms with Gasteiger partial charge in [-0.3, -0.25) is 4.79 Å². The van der Waals surface area contributed by atoms with Gasteiger partial charge >= 0.3 is 6.09 Å². The van der Waals surface area contributed by atoms with Gasteiger partial charge in [-0.1, -0.05) is 84.9 Å². The lowest BCUT2D eigenvalue weighted by molar-refractivity contribution is -0.134. The van der Waals surface area contributed by atoms with E-state index in [9.17, 15) is 9.59 Å². The first-order valence-electron chi connectivity index (χ1n) is 11.4. The van der Waals surface area contributed by atoms with Crippen molar-refractivity contribution in [2.45, 2.75) is 24.8 Å². The Morgan fingerprint density at radius 1 is 0.906 bits per heavy atom. The van der Waals surface area contributed by atoms with Crippen LogP contribution in [0.1, 0.15) is 23.5 Å². The number of allylic oxidation sites excluding steroid dienone is 2. The Bertz CT molecular complexity index is 1220. The van der Waals surface area contributed by atoms with Crippen LogP contribution in [0.25, 0.3) is 10.8 Å². The van der Waals surface area contributed by atoms with Gasteiger partial charge in [-0.2, -0.15) is 0 Å². The van der Waals surface area contributed by atoms with E-state index in [-0.39, 0.29) is 36.3 Å². The monoisotopic (exact) mass is 423 g/mol. The molecule has 1 saturated carbocycles. The fraction of sp³-hybridized carbons (Fsp3) is 0.286. The summed E-state index contributed by atoms with van der Waals surface area (Å²) in [5, 5.41) is 2.38. The Kier molecular flexibility index (Phi) is 4.60. The first-order valence-corrected chi connectivity index (χ1v) is 11.4.